The largest absolute Gasteiger partial charge is 0.375 e. The molecule has 7 heteroatoms. The van der Waals surface area contributed by atoms with Crippen molar-refractivity contribution < 1.29 is 9.63 Å². The summed E-state index contributed by atoms with van der Waals surface area (Å²) in [6.07, 6.45) is 3.41. The summed E-state index contributed by atoms with van der Waals surface area (Å²) >= 11 is 7.31. The Morgan fingerprint density at radius 3 is 2.78 bits per heavy atom. The first kappa shape index (κ1) is 17.5. The Labute approximate surface area is 164 Å². The van der Waals surface area contributed by atoms with Crippen molar-refractivity contribution in [2.45, 2.75) is 6.92 Å². The van der Waals surface area contributed by atoms with Gasteiger partial charge in [-0.3, -0.25) is 4.40 Å². The van der Waals surface area contributed by atoms with Crippen molar-refractivity contribution in [3.8, 4) is 11.3 Å². The van der Waals surface area contributed by atoms with Crippen LogP contribution in [0, 0.1) is 6.92 Å². The Kier molecular flexibility index (Phi) is 4.75. The van der Waals surface area contributed by atoms with Crippen LogP contribution in [0.25, 0.3) is 16.9 Å². The average molecular weight is 396 g/mol. The maximum Gasteiger partial charge on any atom is 0.375 e. The SMILES string of the molecule is Cc1cccn2c(/C=N/OC(=O)c3cccs3)c(-c3ccc(Cl)cc3)nc12. The van der Waals surface area contributed by atoms with Crippen molar-refractivity contribution in [2.24, 2.45) is 5.16 Å². The minimum Gasteiger partial charge on any atom is -0.312 e. The first-order valence-electron chi connectivity index (χ1n) is 8.15. The molecule has 0 aliphatic carbocycles. The molecule has 0 amide bonds. The van der Waals surface area contributed by atoms with Crippen LogP contribution >= 0.6 is 22.9 Å². The molecule has 0 bridgehead atoms. The van der Waals surface area contributed by atoms with E-state index in [0.717, 1.165) is 28.2 Å². The molecule has 1 aromatic carbocycles. The van der Waals surface area contributed by atoms with E-state index >= 15 is 0 Å². The van der Waals surface area contributed by atoms with Gasteiger partial charge >= 0.3 is 5.97 Å². The highest BCUT2D eigenvalue weighted by molar-refractivity contribution is 7.11. The van der Waals surface area contributed by atoms with Gasteiger partial charge in [0, 0.05) is 16.8 Å². The fourth-order valence-corrected chi connectivity index (χ4v) is 3.45. The second kappa shape index (κ2) is 7.34. The van der Waals surface area contributed by atoms with Gasteiger partial charge in [-0.15, -0.1) is 11.3 Å². The van der Waals surface area contributed by atoms with Gasteiger partial charge in [-0.25, -0.2) is 9.78 Å². The zero-order valence-corrected chi connectivity index (χ0v) is 15.9. The van der Waals surface area contributed by atoms with Crippen LogP contribution in [0.3, 0.4) is 0 Å². The smallest absolute Gasteiger partial charge is 0.312 e. The van der Waals surface area contributed by atoms with Crippen LogP contribution in [-0.2, 0) is 4.84 Å². The molecule has 3 heterocycles. The van der Waals surface area contributed by atoms with Crippen LogP contribution in [-0.4, -0.2) is 21.6 Å². The van der Waals surface area contributed by atoms with Crippen molar-refractivity contribution in [1.82, 2.24) is 9.38 Å². The summed E-state index contributed by atoms with van der Waals surface area (Å²) in [5.74, 6) is -0.487. The molecule has 0 N–H and O–H groups in total. The van der Waals surface area contributed by atoms with Crippen LogP contribution in [0.2, 0.25) is 5.02 Å². The van der Waals surface area contributed by atoms with Crippen molar-refractivity contribution in [2.75, 3.05) is 0 Å². The number of pyridine rings is 1. The molecule has 134 valence electrons. The molecule has 0 unspecified atom stereocenters. The predicted molar refractivity (Wildman–Crippen MR) is 108 cm³/mol. The Bertz CT molecular complexity index is 1130. The number of rotatable bonds is 4. The molecular weight excluding hydrogens is 382 g/mol. The summed E-state index contributed by atoms with van der Waals surface area (Å²) in [5.41, 5.74) is 4.19. The zero-order chi connectivity index (χ0) is 18.8. The van der Waals surface area contributed by atoms with Crippen molar-refractivity contribution >= 4 is 40.8 Å². The minimum atomic E-state index is -0.487. The van der Waals surface area contributed by atoms with Gasteiger partial charge in [-0.1, -0.05) is 41.0 Å². The number of imidazole rings is 1. The molecule has 4 rings (SSSR count). The van der Waals surface area contributed by atoms with Crippen LogP contribution in [0.1, 0.15) is 20.9 Å². The van der Waals surface area contributed by atoms with Crippen LogP contribution in [0.4, 0.5) is 0 Å². The molecule has 0 atom stereocenters. The number of hydrogen-bond donors (Lipinski definition) is 0. The Hall–Kier alpha value is -2.96. The van der Waals surface area contributed by atoms with E-state index in [2.05, 4.69) is 5.16 Å². The van der Waals surface area contributed by atoms with Crippen LogP contribution in [0.15, 0.2) is 65.3 Å². The second-order valence-electron chi connectivity index (χ2n) is 5.83. The van der Waals surface area contributed by atoms with Crippen molar-refractivity contribution in [3.05, 3.63) is 81.3 Å². The number of halogens is 1. The van der Waals surface area contributed by atoms with Crippen molar-refractivity contribution in [3.63, 3.8) is 0 Å². The fourth-order valence-electron chi connectivity index (χ4n) is 2.73. The number of carbonyl (C=O) groups excluding carboxylic acids is 1. The van der Waals surface area contributed by atoms with E-state index < -0.39 is 5.97 Å². The molecule has 0 saturated carbocycles. The summed E-state index contributed by atoms with van der Waals surface area (Å²) in [4.78, 5) is 22.3. The predicted octanol–water partition coefficient (Wildman–Crippen LogP) is 5.22. The zero-order valence-electron chi connectivity index (χ0n) is 14.3. The second-order valence-corrected chi connectivity index (χ2v) is 7.21. The van der Waals surface area contributed by atoms with E-state index in [1.807, 2.05) is 59.3 Å². The van der Waals surface area contributed by atoms with E-state index in [4.69, 9.17) is 21.4 Å². The molecule has 4 aromatic rings. The third-order valence-corrected chi connectivity index (χ3v) is 5.13. The van der Waals surface area contributed by atoms with Crippen LogP contribution < -0.4 is 0 Å². The lowest BCUT2D eigenvalue weighted by Gasteiger charge is -2.01. The van der Waals surface area contributed by atoms with Gasteiger partial charge in [-0.2, -0.15) is 0 Å². The van der Waals surface area contributed by atoms with E-state index in [1.165, 1.54) is 17.6 Å². The number of hydrogen-bond acceptors (Lipinski definition) is 5. The highest BCUT2D eigenvalue weighted by Crippen LogP contribution is 2.26. The number of aromatic nitrogens is 2. The van der Waals surface area contributed by atoms with Crippen molar-refractivity contribution in [1.29, 1.82) is 0 Å². The Morgan fingerprint density at radius 2 is 2.04 bits per heavy atom. The van der Waals surface area contributed by atoms with E-state index in [1.54, 1.807) is 12.1 Å². The first-order chi connectivity index (χ1) is 13.1. The highest BCUT2D eigenvalue weighted by Gasteiger charge is 2.14. The maximum atomic E-state index is 12.0. The van der Waals surface area contributed by atoms with Gasteiger partial charge in [0.1, 0.15) is 10.5 Å². The summed E-state index contributed by atoms with van der Waals surface area (Å²) in [7, 11) is 0. The lowest BCUT2D eigenvalue weighted by molar-refractivity contribution is 0.0525. The third kappa shape index (κ3) is 3.49. The molecule has 0 aliphatic heterocycles. The summed E-state index contributed by atoms with van der Waals surface area (Å²) in [6.45, 7) is 1.99. The average Bonchev–Trinajstić information content (AvgIpc) is 3.32. The molecule has 27 heavy (non-hydrogen) atoms. The molecule has 0 aliphatic rings. The van der Waals surface area contributed by atoms with E-state index in [0.29, 0.717) is 9.90 Å². The monoisotopic (exact) mass is 395 g/mol. The number of thiophene rings is 1. The minimum absolute atomic E-state index is 0.487. The standard InChI is InChI=1S/C20H14ClN3O2S/c1-13-4-2-10-24-16(12-22-26-20(25)17-5-3-11-27-17)18(23-19(13)24)14-6-8-15(21)9-7-14/h2-12H,1H3/b22-12+. The number of benzene rings is 1. The van der Waals surface area contributed by atoms with Gasteiger partial charge in [0.2, 0.25) is 0 Å². The maximum absolute atomic E-state index is 12.0. The van der Waals surface area contributed by atoms with Gasteiger partial charge < -0.3 is 4.84 Å². The normalized spacial score (nSPS) is 11.3. The van der Waals surface area contributed by atoms with E-state index in [-0.39, 0.29) is 0 Å². The van der Waals surface area contributed by atoms with E-state index in [9.17, 15) is 4.79 Å². The molecule has 5 nitrogen and oxygen atoms in total. The lowest BCUT2D eigenvalue weighted by Crippen LogP contribution is -1.99. The number of carbonyl (C=O) groups is 1. The van der Waals surface area contributed by atoms with Gasteiger partial charge in [-0.05, 0) is 42.1 Å². The molecule has 0 saturated heterocycles. The fraction of sp³-hybridized carbons (Fsp3) is 0.0500. The first-order valence-corrected chi connectivity index (χ1v) is 9.41. The molecule has 0 radical (unpaired) electrons. The number of nitrogens with zero attached hydrogens (tertiary/aromatic N) is 3. The summed E-state index contributed by atoms with van der Waals surface area (Å²) in [5, 5.41) is 6.36. The third-order valence-electron chi connectivity index (χ3n) is 4.03. The van der Waals surface area contributed by atoms with Gasteiger partial charge in [0.05, 0.1) is 17.6 Å². The summed E-state index contributed by atoms with van der Waals surface area (Å²) in [6, 6.07) is 14.8. The highest BCUT2D eigenvalue weighted by atomic mass is 35.5. The van der Waals surface area contributed by atoms with Gasteiger partial charge in [0.15, 0.2) is 0 Å². The number of aryl methyl sites for hydroxylation is 1. The summed E-state index contributed by atoms with van der Waals surface area (Å²) < 4.78 is 1.92. The topological polar surface area (TPSA) is 56.0 Å². The Morgan fingerprint density at radius 1 is 1.22 bits per heavy atom. The molecule has 0 spiro atoms. The lowest BCUT2D eigenvalue weighted by atomic mass is 10.1. The number of oxime groups is 1. The quantitative estimate of drug-likeness (QED) is 0.270. The van der Waals surface area contributed by atoms with Crippen LogP contribution in [0.5, 0.6) is 0 Å². The molecular formula is C20H14ClN3O2S. The number of fused-ring (bicyclic) bond motifs is 1. The molecule has 3 aromatic heterocycles. The van der Waals surface area contributed by atoms with Gasteiger partial charge in [0.25, 0.3) is 0 Å². The molecule has 0 fully saturated rings. The Balaban J connectivity index is 1.74.